The molecule has 224 valence electrons. The number of halogens is 2. The number of allylic oxidation sites excluding steroid dienone is 1. The van der Waals surface area contributed by atoms with E-state index >= 15 is 8.78 Å². The van der Waals surface area contributed by atoms with E-state index in [9.17, 15) is 9.36 Å². The van der Waals surface area contributed by atoms with Crippen molar-refractivity contribution in [3.05, 3.63) is 112 Å². The molecule has 5 heterocycles. The number of phosphoric ester groups is 1. The van der Waals surface area contributed by atoms with Gasteiger partial charge in [-0.15, -0.1) is 11.8 Å². The summed E-state index contributed by atoms with van der Waals surface area (Å²) in [5.41, 5.74) is 5.73. The number of carbonyl (C=O) groups excluding carboxylic acids is 1. The summed E-state index contributed by atoms with van der Waals surface area (Å²) in [6.07, 6.45) is 1.30. The minimum Gasteiger partial charge on any atom is -0.385 e. The number of hydrazine groups is 1. The molecule has 3 aromatic carbocycles. The molecular weight excluding hydrogens is 613 g/mol. The van der Waals surface area contributed by atoms with Gasteiger partial charge in [-0.2, -0.15) is 4.57 Å². The van der Waals surface area contributed by atoms with Crippen LogP contribution in [0.25, 0.3) is 5.70 Å². The van der Waals surface area contributed by atoms with E-state index in [4.69, 9.17) is 18.4 Å². The molecule has 3 aromatic rings. The van der Waals surface area contributed by atoms with Crippen molar-refractivity contribution in [2.24, 2.45) is 5.16 Å². The Kier molecular flexibility index (Phi) is 6.53. The molecule has 8 rings (SSSR count). The molecule has 1 unspecified atom stereocenters. The number of hydrogen-bond acceptors (Lipinski definition) is 10. The van der Waals surface area contributed by atoms with Crippen LogP contribution in [-0.4, -0.2) is 47.5 Å². The van der Waals surface area contributed by atoms with Crippen LogP contribution < -0.4 is 9.95 Å². The number of fused-ring (bicyclic) bond motifs is 5. The first-order valence-electron chi connectivity index (χ1n) is 13.8. The largest absolute Gasteiger partial charge is 0.668 e. The van der Waals surface area contributed by atoms with Crippen LogP contribution >= 0.6 is 19.6 Å². The number of morpholine rings is 1. The Balaban J connectivity index is 1.29. The van der Waals surface area contributed by atoms with E-state index in [0.717, 1.165) is 16.5 Å². The molecule has 5 aliphatic rings. The smallest absolute Gasteiger partial charge is 0.385 e. The maximum absolute atomic E-state index is 15.4. The Morgan fingerprint density at radius 1 is 1.09 bits per heavy atom. The lowest BCUT2D eigenvalue weighted by Gasteiger charge is -2.48. The van der Waals surface area contributed by atoms with Crippen LogP contribution in [0.3, 0.4) is 0 Å². The topological polar surface area (TPSA) is 102 Å². The van der Waals surface area contributed by atoms with Gasteiger partial charge in [-0.1, -0.05) is 41.6 Å². The van der Waals surface area contributed by atoms with Gasteiger partial charge < -0.3 is 18.7 Å². The number of benzene rings is 3. The van der Waals surface area contributed by atoms with Crippen molar-refractivity contribution in [1.82, 2.24) is 15.3 Å². The molecule has 0 aliphatic carbocycles. The molecule has 0 saturated carbocycles. The third kappa shape index (κ3) is 4.50. The standard InChI is InChI=1S/C30H23F2N4O6PS/c31-22-13-20(19-12-17-6-4-5-9-25(17)44-16-21(19)27(22)32)24-14-23-29(28-30(37)35-10-11-39-15-26(35)33-36(24)28)41-43(38,42-34-23)40-18-7-2-1-3-8-18/h1-9,13-14,26,33H,10-12,15-16H2/t26-,43?/m0/s1. The van der Waals surface area contributed by atoms with E-state index in [2.05, 4.69) is 10.6 Å². The number of carbonyl (C=O) groups is 1. The highest BCUT2D eigenvalue weighted by atomic mass is 32.2. The number of ether oxygens (including phenoxy) is 1. The van der Waals surface area contributed by atoms with Crippen LogP contribution in [0.5, 0.6) is 5.75 Å². The van der Waals surface area contributed by atoms with Gasteiger partial charge in [-0.3, -0.25) is 14.4 Å². The summed E-state index contributed by atoms with van der Waals surface area (Å²) in [5, 5.41) is 5.52. The number of nitrogens with zero attached hydrogens (tertiary/aromatic N) is 3. The summed E-state index contributed by atoms with van der Waals surface area (Å²) in [6.45, 7) is 0.804. The summed E-state index contributed by atoms with van der Waals surface area (Å²) in [6, 6.07) is 17.1. The Labute approximate surface area is 254 Å². The second-order valence-electron chi connectivity index (χ2n) is 10.5. The third-order valence-electron chi connectivity index (χ3n) is 7.88. The molecule has 14 heteroatoms. The molecule has 1 N–H and O–H groups in total. The van der Waals surface area contributed by atoms with Gasteiger partial charge in [0.25, 0.3) is 5.91 Å². The molecule has 0 bridgehead atoms. The normalized spacial score (nSPS) is 23.9. The van der Waals surface area contributed by atoms with Gasteiger partial charge in [0.2, 0.25) is 0 Å². The molecule has 0 aromatic heterocycles. The van der Waals surface area contributed by atoms with Crippen molar-refractivity contribution in [1.29, 1.82) is 0 Å². The minimum atomic E-state index is -4.36. The van der Waals surface area contributed by atoms with Gasteiger partial charge in [0.15, 0.2) is 28.8 Å². The molecular formula is C30H23F2N4O6PS. The zero-order valence-electron chi connectivity index (χ0n) is 22.9. The van der Waals surface area contributed by atoms with Crippen LogP contribution in [0.15, 0.2) is 88.2 Å². The van der Waals surface area contributed by atoms with Crippen LogP contribution in [0.2, 0.25) is 0 Å². The van der Waals surface area contributed by atoms with Crippen LogP contribution in [0.4, 0.5) is 8.78 Å². The average Bonchev–Trinajstić information content (AvgIpc) is 3.23. The second-order valence-corrected chi connectivity index (χ2v) is 13.0. The van der Waals surface area contributed by atoms with Crippen molar-refractivity contribution < 1.29 is 36.5 Å². The second kappa shape index (κ2) is 10.5. The molecule has 44 heavy (non-hydrogen) atoms. The molecule has 2 atom stereocenters. The van der Waals surface area contributed by atoms with Gasteiger partial charge in [-0.05, 0) is 47.9 Å². The lowest BCUT2D eigenvalue weighted by molar-refractivity contribution is -0.147. The summed E-state index contributed by atoms with van der Waals surface area (Å²) in [7, 11) is -4.36. The molecule has 0 radical (unpaired) electrons. The van der Waals surface area contributed by atoms with Crippen molar-refractivity contribution in [2.45, 2.75) is 23.2 Å². The molecule has 0 spiro atoms. The quantitative estimate of drug-likeness (QED) is 0.383. The maximum atomic E-state index is 15.4. The van der Waals surface area contributed by atoms with Gasteiger partial charge in [0.1, 0.15) is 11.9 Å². The zero-order chi connectivity index (χ0) is 30.0. The van der Waals surface area contributed by atoms with E-state index in [1.54, 1.807) is 35.2 Å². The van der Waals surface area contributed by atoms with Crippen LogP contribution in [-0.2, 0) is 35.4 Å². The molecule has 1 amide bonds. The van der Waals surface area contributed by atoms with E-state index in [1.165, 1.54) is 22.8 Å². The maximum Gasteiger partial charge on any atom is 0.668 e. The molecule has 2 saturated heterocycles. The number of phosphoric acid groups is 1. The fraction of sp³-hybridized carbons (Fsp3) is 0.200. The van der Waals surface area contributed by atoms with Crippen molar-refractivity contribution >= 4 is 36.9 Å². The van der Waals surface area contributed by atoms with Crippen LogP contribution in [0.1, 0.15) is 22.3 Å². The monoisotopic (exact) mass is 636 g/mol. The lowest BCUT2D eigenvalue weighted by atomic mass is 9.91. The third-order valence-corrected chi connectivity index (χ3v) is 10.1. The highest BCUT2D eigenvalue weighted by Gasteiger charge is 2.49. The van der Waals surface area contributed by atoms with E-state index in [0.29, 0.717) is 29.9 Å². The number of thioether (sulfide) groups is 1. The van der Waals surface area contributed by atoms with Gasteiger partial charge in [0.05, 0.1) is 18.9 Å². The summed E-state index contributed by atoms with van der Waals surface area (Å²) in [4.78, 5) is 16.6. The van der Waals surface area contributed by atoms with E-state index in [-0.39, 0.29) is 47.4 Å². The van der Waals surface area contributed by atoms with Gasteiger partial charge >= 0.3 is 7.82 Å². The fourth-order valence-electron chi connectivity index (χ4n) is 5.82. The van der Waals surface area contributed by atoms with Crippen LogP contribution in [0, 0.1) is 11.6 Å². The van der Waals surface area contributed by atoms with Crippen molar-refractivity contribution in [2.75, 3.05) is 19.8 Å². The Morgan fingerprint density at radius 2 is 1.91 bits per heavy atom. The number of oxime groups is 1. The Bertz CT molecular complexity index is 1870. The minimum absolute atomic E-state index is 0.0399. The Morgan fingerprint density at radius 3 is 2.77 bits per heavy atom. The molecule has 10 nitrogen and oxygen atoms in total. The average molecular weight is 637 g/mol. The molecule has 5 aliphatic heterocycles. The van der Waals surface area contributed by atoms with Gasteiger partial charge in [0, 0.05) is 28.3 Å². The molecule has 2 fully saturated rings. The predicted molar refractivity (Wildman–Crippen MR) is 156 cm³/mol. The van der Waals surface area contributed by atoms with Gasteiger partial charge in [-0.25, -0.2) is 14.2 Å². The van der Waals surface area contributed by atoms with E-state index < -0.39 is 31.5 Å². The first-order chi connectivity index (χ1) is 21.4. The fourth-order valence-corrected chi connectivity index (χ4v) is 8.00. The first kappa shape index (κ1) is 27.4. The number of rotatable bonds is 3. The predicted octanol–water partition coefficient (Wildman–Crippen LogP) is 5.32. The first-order valence-corrected chi connectivity index (χ1v) is 16.3. The number of nitrogens with one attached hydrogen (secondary N) is 1. The SMILES string of the molecule is O=C1C2=C3OP(=O)(Oc4ccccc4)ON=C3C=C(c3cc(F)c(F)c4c3Cc3ccccc3SC4)N2N[C@@H]2COCCN12. The zero-order valence-corrected chi connectivity index (χ0v) is 24.6. The summed E-state index contributed by atoms with van der Waals surface area (Å²) in [5.74, 6) is -2.08. The Hall–Kier alpha value is -4.16. The highest BCUT2D eigenvalue weighted by molar-refractivity contribution is 7.98. The highest BCUT2D eigenvalue weighted by Crippen LogP contribution is 2.56. The summed E-state index contributed by atoms with van der Waals surface area (Å²) >= 11 is 1.44. The number of hydrogen-bond donors (Lipinski definition) is 1. The van der Waals surface area contributed by atoms with Crippen molar-refractivity contribution in [3.63, 3.8) is 0 Å². The number of amides is 1. The number of para-hydroxylation sites is 1. The summed E-state index contributed by atoms with van der Waals surface area (Å²) < 4.78 is 66.5. The van der Waals surface area contributed by atoms with E-state index in [1.807, 2.05) is 24.3 Å². The lowest BCUT2D eigenvalue weighted by Crippen LogP contribution is -2.66. The van der Waals surface area contributed by atoms with Crippen molar-refractivity contribution in [3.8, 4) is 5.75 Å².